The van der Waals surface area contributed by atoms with Crippen LogP contribution in [0.1, 0.15) is 33.6 Å². The summed E-state index contributed by atoms with van der Waals surface area (Å²) in [5.74, 6) is -2.17. The van der Waals surface area contributed by atoms with Gasteiger partial charge >= 0.3 is 24.2 Å². The first-order valence-corrected chi connectivity index (χ1v) is 5.95. The Balaban J connectivity index is 2.41. The van der Waals surface area contributed by atoms with Crippen molar-refractivity contribution in [2.75, 3.05) is 6.61 Å². The standard InChI is InChI=1S/C12H18O7/c1-5-6-7-15-11(14)17-12(4)10(18-19-12)16-9(13)8(2)3/h10H,2,5-7H2,1,3-4H3. The molecule has 19 heavy (non-hydrogen) atoms. The SMILES string of the molecule is C=C(C)C(=O)OC1OOC1(C)OC(=O)OCCCC. The molecule has 1 rings (SSSR count). The van der Waals surface area contributed by atoms with E-state index in [1.807, 2.05) is 6.92 Å². The molecule has 0 spiro atoms. The molecule has 0 N–H and O–H groups in total. The van der Waals surface area contributed by atoms with Gasteiger partial charge in [0.2, 0.25) is 0 Å². The largest absolute Gasteiger partial charge is 0.511 e. The fourth-order valence-electron chi connectivity index (χ4n) is 1.11. The zero-order chi connectivity index (χ0) is 14.5. The van der Waals surface area contributed by atoms with Crippen molar-refractivity contribution in [1.29, 1.82) is 0 Å². The van der Waals surface area contributed by atoms with E-state index in [0.29, 0.717) is 0 Å². The number of esters is 1. The van der Waals surface area contributed by atoms with Gasteiger partial charge in [-0.15, -0.1) is 0 Å². The van der Waals surface area contributed by atoms with Crippen molar-refractivity contribution in [3.8, 4) is 0 Å². The molecule has 0 aromatic heterocycles. The lowest BCUT2D eigenvalue weighted by Gasteiger charge is -2.40. The smallest absolute Gasteiger partial charge is 0.434 e. The summed E-state index contributed by atoms with van der Waals surface area (Å²) in [7, 11) is 0. The minimum atomic E-state index is -1.51. The maximum absolute atomic E-state index is 11.4. The van der Waals surface area contributed by atoms with Gasteiger partial charge in [-0.1, -0.05) is 19.9 Å². The third-order valence-electron chi connectivity index (χ3n) is 2.30. The quantitative estimate of drug-likeness (QED) is 0.317. The summed E-state index contributed by atoms with van der Waals surface area (Å²) in [6.07, 6.45) is -0.425. The van der Waals surface area contributed by atoms with Gasteiger partial charge in [0.15, 0.2) is 0 Å². The third kappa shape index (κ3) is 4.22. The van der Waals surface area contributed by atoms with E-state index in [-0.39, 0.29) is 12.2 Å². The van der Waals surface area contributed by atoms with Gasteiger partial charge in [-0.3, -0.25) is 0 Å². The zero-order valence-corrected chi connectivity index (χ0v) is 11.3. The van der Waals surface area contributed by atoms with Gasteiger partial charge in [-0.05, 0) is 13.3 Å². The second kappa shape index (κ2) is 6.53. The van der Waals surface area contributed by atoms with E-state index in [1.54, 1.807) is 0 Å². The highest BCUT2D eigenvalue weighted by Gasteiger charge is 2.55. The predicted molar refractivity (Wildman–Crippen MR) is 62.6 cm³/mol. The average Bonchev–Trinajstić information content (AvgIpc) is 2.34. The van der Waals surface area contributed by atoms with E-state index in [4.69, 9.17) is 14.2 Å². The Bertz CT molecular complexity index is 365. The van der Waals surface area contributed by atoms with Crippen LogP contribution in [0.3, 0.4) is 0 Å². The van der Waals surface area contributed by atoms with Crippen LogP contribution in [0.2, 0.25) is 0 Å². The van der Waals surface area contributed by atoms with Crippen LogP contribution in [-0.4, -0.2) is 30.8 Å². The molecule has 0 aliphatic carbocycles. The first-order chi connectivity index (χ1) is 8.89. The van der Waals surface area contributed by atoms with Gasteiger partial charge in [0.25, 0.3) is 0 Å². The Hall–Kier alpha value is -1.60. The number of rotatable bonds is 6. The highest BCUT2D eigenvalue weighted by Crippen LogP contribution is 2.33. The topological polar surface area (TPSA) is 80.3 Å². The van der Waals surface area contributed by atoms with E-state index >= 15 is 0 Å². The van der Waals surface area contributed by atoms with Gasteiger partial charge in [0.1, 0.15) is 0 Å². The Morgan fingerprint density at radius 3 is 2.58 bits per heavy atom. The van der Waals surface area contributed by atoms with Gasteiger partial charge in [-0.25, -0.2) is 9.59 Å². The van der Waals surface area contributed by atoms with Crippen LogP contribution in [0.4, 0.5) is 4.79 Å². The number of hydrogen-bond acceptors (Lipinski definition) is 7. The lowest BCUT2D eigenvalue weighted by atomic mass is 10.3. The summed E-state index contributed by atoms with van der Waals surface area (Å²) in [6.45, 7) is 8.52. The van der Waals surface area contributed by atoms with Crippen molar-refractivity contribution in [1.82, 2.24) is 0 Å². The van der Waals surface area contributed by atoms with Crippen LogP contribution < -0.4 is 0 Å². The van der Waals surface area contributed by atoms with Gasteiger partial charge in [-0.2, -0.15) is 9.78 Å². The number of carbonyl (C=O) groups excluding carboxylic acids is 2. The van der Waals surface area contributed by atoms with Crippen LogP contribution in [0, 0.1) is 0 Å². The van der Waals surface area contributed by atoms with Gasteiger partial charge < -0.3 is 14.2 Å². The Kier molecular flexibility index (Phi) is 5.31. The molecule has 1 heterocycles. The van der Waals surface area contributed by atoms with E-state index in [2.05, 4.69) is 16.4 Å². The molecule has 0 radical (unpaired) electrons. The van der Waals surface area contributed by atoms with Crippen LogP contribution in [0.5, 0.6) is 0 Å². The summed E-state index contributed by atoms with van der Waals surface area (Å²) in [5.41, 5.74) is 0.198. The molecular formula is C12H18O7. The van der Waals surface area contributed by atoms with Crippen molar-refractivity contribution < 1.29 is 33.6 Å². The fraction of sp³-hybridized carbons (Fsp3) is 0.667. The molecule has 7 heteroatoms. The summed E-state index contributed by atoms with van der Waals surface area (Å²) >= 11 is 0. The highest BCUT2D eigenvalue weighted by molar-refractivity contribution is 5.87. The molecule has 0 aromatic rings. The molecule has 2 atom stereocenters. The van der Waals surface area contributed by atoms with Crippen molar-refractivity contribution in [2.45, 2.75) is 45.7 Å². The maximum atomic E-state index is 11.4. The Labute approximate surface area is 111 Å². The molecule has 0 saturated carbocycles. The van der Waals surface area contributed by atoms with Crippen molar-refractivity contribution in [3.05, 3.63) is 12.2 Å². The zero-order valence-electron chi connectivity index (χ0n) is 11.3. The Morgan fingerprint density at radius 1 is 1.42 bits per heavy atom. The number of carbonyl (C=O) groups is 2. The fourth-order valence-corrected chi connectivity index (χ4v) is 1.11. The van der Waals surface area contributed by atoms with E-state index < -0.39 is 24.2 Å². The minimum absolute atomic E-state index is 0.198. The first-order valence-electron chi connectivity index (χ1n) is 5.95. The lowest BCUT2D eigenvalue weighted by molar-refractivity contribution is -0.594. The first kappa shape index (κ1) is 15.5. The second-order valence-corrected chi connectivity index (χ2v) is 4.27. The molecule has 0 bridgehead atoms. The summed E-state index contributed by atoms with van der Waals surface area (Å²) in [6, 6.07) is 0. The normalized spacial score (nSPS) is 25.1. The molecule has 0 amide bonds. The summed E-state index contributed by atoms with van der Waals surface area (Å²) in [4.78, 5) is 31.9. The maximum Gasteiger partial charge on any atom is 0.511 e. The van der Waals surface area contributed by atoms with Gasteiger partial charge in [0.05, 0.1) is 6.61 Å². The van der Waals surface area contributed by atoms with Gasteiger partial charge in [0, 0.05) is 12.5 Å². The van der Waals surface area contributed by atoms with E-state index in [0.717, 1.165) is 12.8 Å². The summed E-state index contributed by atoms with van der Waals surface area (Å²) < 4.78 is 14.6. The number of ether oxygens (including phenoxy) is 3. The van der Waals surface area contributed by atoms with Crippen LogP contribution in [0.25, 0.3) is 0 Å². The minimum Gasteiger partial charge on any atom is -0.434 e. The lowest BCUT2D eigenvalue weighted by Crippen LogP contribution is -2.58. The molecule has 1 saturated heterocycles. The third-order valence-corrected chi connectivity index (χ3v) is 2.30. The molecule has 1 aliphatic rings. The molecule has 1 fully saturated rings. The van der Waals surface area contributed by atoms with Crippen LogP contribution in [0.15, 0.2) is 12.2 Å². The van der Waals surface area contributed by atoms with Crippen molar-refractivity contribution in [2.24, 2.45) is 0 Å². The predicted octanol–water partition coefficient (Wildman–Crippen LogP) is 2.06. The van der Waals surface area contributed by atoms with E-state index in [9.17, 15) is 9.59 Å². The van der Waals surface area contributed by atoms with E-state index in [1.165, 1.54) is 13.8 Å². The average molecular weight is 274 g/mol. The molecule has 7 nitrogen and oxygen atoms in total. The molecular weight excluding hydrogens is 256 g/mol. The molecule has 0 aromatic carbocycles. The second-order valence-electron chi connectivity index (χ2n) is 4.27. The van der Waals surface area contributed by atoms with Crippen molar-refractivity contribution >= 4 is 12.1 Å². The number of unbranched alkanes of at least 4 members (excludes halogenated alkanes) is 1. The summed E-state index contributed by atoms with van der Waals surface area (Å²) in [5, 5.41) is 0. The van der Waals surface area contributed by atoms with Crippen molar-refractivity contribution in [3.63, 3.8) is 0 Å². The highest BCUT2D eigenvalue weighted by atomic mass is 17.3. The molecule has 2 unspecified atom stereocenters. The van der Waals surface area contributed by atoms with Crippen LogP contribution in [-0.2, 0) is 28.8 Å². The Morgan fingerprint density at radius 2 is 2.11 bits per heavy atom. The number of hydrogen-bond donors (Lipinski definition) is 0. The molecule has 1 aliphatic heterocycles. The molecule has 108 valence electrons. The van der Waals surface area contributed by atoms with Crippen LogP contribution >= 0.6 is 0 Å². The monoisotopic (exact) mass is 274 g/mol.